The molecule has 7 nitrogen and oxygen atoms in total. The van der Waals surface area contributed by atoms with E-state index in [1.54, 1.807) is 30.3 Å². The van der Waals surface area contributed by atoms with Crippen LogP contribution in [0, 0.1) is 5.82 Å². The van der Waals surface area contributed by atoms with Crippen LogP contribution in [-0.4, -0.2) is 20.7 Å². The van der Waals surface area contributed by atoms with Crippen molar-refractivity contribution in [2.75, 3.05) is 10.6 Å². The third-order valence-electron chi connectivity index (χ3n) is 4.89. The predicted molar refractivity (Wildman–Crippen MR) is 127 cm³/mol. The molecule has 0 radical (unpaired) electrons. The molecule has 0 spiro atoms. The zero-order chi connectivity index (χ0) is 22.2. The molecule has 1 amide bonds. The molecular formula is C22H15Cl3FN5O2. The standard InChI is InChI=1S/C22H14Cl2FN5O2.ClH/c23-13-8-6-12(7-9-13)16-11-17(19-14(24)3-1-4-15(19)25)30-22(26-16)28-21(29-30)27-20(31)18-5-2-10-32-18;/h1-11,17H,(H2,26,27,28,29,31);1H. The topological polar surface area (TPSA) is 85.0 Å². The van der Waals surface area contributed by atoms with Gasteiger partial charge >= 0.3 is 0 Å². The van der Waals surface area contributed by atoms with Crippen molar-refractivity contribution in [2.24, 2.45) is 0 Å². The van der Waals surface area contributed by atoms with E-state index < -0.39 is 17.8 Å². The number of nitrogens with zero attached hydrogens (tertiary/aromatic N) is 3. The Kier molecular flexibility index (Phi) is 6.42. The molecule has 0 saturated carbocycles. The third kappa shape index (κ3) is 4.45. The van der Waals surface area contributed by atoms with Crippen LogP contribution >= 0.6 is 35.6 Å². The Morgan fingerprint density at radius 3 is 2.61 bits per heavy atom. The maximum absolute atomic E-state index is 14.8. The Balaban J connectivity index is 0.00000259. The van der Waals surface area contributed by atoms with Crippen molar-refractivity contribution in [1.29, 1.82) is 0 Å². The molecule has 4 aromatic rings. The van der Waals surface area contributed by atoms with Crippen molar-refractivity contribution in [3.8, 4) is 0 Å². The van der Waals surface area contributed by atoms with Crippen LogP contribution in [0.25, 0.3) is 5.70 Å². The number of fused-ring (bicyclic) bond motifs is 1. The number of carbonyl (C=O) groups is 1. The predicted octanol–water partition coefficient (Wildman–Crippen LogP) is 6.05. The molecule has 0 fully saturated rings. The second-order valence-corrected chi connectivity index (χ2v) is 7.77. The molecule has 0 aliphatic carbocycles. The summed E-state index contributed by atoms with van der Waals surface area (Å²) >= 11 is 12.4. The summed E-state index contributed by atoms with van der Waals surface area (Å²) in [5.41, 5.74) is 1.70. The lowest BCUT2D eigenvalue weighted by atomic mass is 10.0. The lowest BCUT2D eigenvalue weighted by molar-refractivity contribution is 0.0995. The Hall–Kier alpha value is -3.33. The number of halogens is 4. The average Bonchev–Trinajstić information content (AvgIpc) is 3.44. The van der Waals surface area contributed by atoms with Crippen molar-refractivity contribution in [3.05, 3.63) is 99.7 Å². The smallest absolute Gasteiger partial charge is 0.293 e. The van der Waals surface area contributed by atoms with E-state index in [1.807, 2.05) is 12.1 Å². The highest BCUT2D eigenvalue weighted by Crippen LogP contribution is 2.37. The first-order valence-corrected chi connectivity index (χ1v) is 10.3. The van der Waals surface area contributed by atoms with E-state index >= 15 is 0 Å². The second kappa shape index (κ2) is 9.27. The van der Waals surface area contributed by atoms with Crippen molar-refractivity contribution in [3.63, 3.8) is 0 Å². The number of rotatable bonds is 4. The van der Waals surface area contributed by atoms with Gasteiger partial charge in [0.1, 0.15) is 11.9 Å². The van der Waals surface area contributed by atoms with Gasteiger partial charge in [-0.15, -0.1) is 17.5 Å². The molecule has 1 unspecified atom stereocenters. The Morgan fingerprint density at radius 1 is 1.12 bits per heavy atom. The molecule has 5 rings (SSSR count). The maximum Gasteiger partial charge on any atom is 0.293 e. The summed E-state index contributed by atoms with van der Waals surface area (Å²) in [6.07, 6.45) is 3.17. The summed E-state index contributed by atoms with van der Waals surface area (Å²) in [6, 6.07) is 14.0. The van der Waals surface area contributed by atoms with Crippen LogP contribution < -0.4 is 10.6 Å². The number of aromatic nitrogens is 3. The lowest BCUT2D eigenvalue weighted by Crippen LogP contribution is -2.21. The van der Waals surface area contributed by atoms with E-state index in [9.17, 15) is 9.18 Å². The van der Waals surface area contributed by atoms with Gasteiger partial charge in [-0.3, -0.25) is 10.1 Å². The zero-order valence-electron chi connectivity index (χ0n) is 16.6. The highest BCUT2D eigenvalue weighted by molar-refractivity contribution is 6.31. The Morgan fingerprint density at radius 2 is 1.91 bits per heavy atom. The number of hydrogen-bond acceptors (Lipinski definition) is 5. The quantitative estimate of drug-likeness (QED) is 0.352. The van der Waals surface area contributed by atoms with Crippen molar-refractivity contribution < 1.29 is 13.6 Å². The van der Waals surface area contributed by atoms with Gasteiger partial charge in [-0.05, 0) is 48.0 Å². The fraction of sp³-hybridized carbons (Fsp3) is 0.0455. The molecular weight excluding hydrogens is 492 g/mol. The maximum atomic E-state index is 14.8. The molecule has 2 N–H and O–H groups in total. The molecule has 2 aromatic heterocycles. The highest BCUT2D eigenvalue weighted by Gasteiger charge is 2.29. The number of benzene rings is 2. The first-order chi connectivity index (χ1) is 15.5. The van der Waals surface area contributed by atoms with Gasteiger partial charge in [0.05, 0.1) is 6.26 Å². The highest BCUT2D eigenvalue weighted by atomic mass is 35.5. The van der Waals surface area contributed by atoms with E-state index in [-0.39, 0.29) is 34.7 Å². The molecule has 1 aliphatic rings. The van der Waals surface area contributed by atoms with E-state index in [1.165, 1.54) is 29.1 Å². The summed E-state index contributed by atoms with van der Waals surface area (Å²) in [5, 5.41) is 10.9. The number of hydrogen-bond donors (Lipinski definition) is 2. The fourth-order valence-electron chi connectivity index (χ4n) is 3.41. The minimum atomic E-state index is -0.715. The van der Waals surface area contributed by atoms with Crippen molar-refractivity contribution >= 4 is 59.1 Å². The number of furan rings is 1. The molecule has 3 heterocycles. The fourth-order valence-corrected chi connectivity index (χ4v) is 3.81. The van der Waals surface area contributed by atoms with Crippen LogP contribution in [0.15, 0.2) is 71.4 Å². The normalized spacial score (nSPS) is 14.5. The molecule has 1 aliphatic heterocycles. The summed E-state index contributed by atoms with van der Waals surface area (Å²) in [7, 11) is 0. The number of anilines is 2. The van der Waals surface area contributed by atoms with E-state index in [0.717, 1.165) is 5.56 Å². The number of allylic oxidation sites excluding steroid dienone is 1. The van der Waals surface area contributed by atoms with Crippen LogP contribution in [0.4, 0.5) is 16.3 Å². The van der Waals surface area contributed by atoms with Gasteiger partial charge in [-0.25, -0.2) is 9.07 Å². The van der Waals surface area contributed by atoms with Crippen molar-refractivity contribution in [2.45, 2.75) is 6.04 Å². The molecule has 168 valence electrons. The minimum Gasteiger partial charge on any atom is -0.459 e. The van der Waals surface area contributed by atoms with Gasteiger partial charge in [-0.1, -0.05) is 41.4 Å². The summed E-state index contributed by atoms with van der Waals surface area (Å²) < 4.78 is 21.4. The summed E-state index contributed by atoms with van der Waals surface area (Å²) in [6.45, 7) is 0. The van der Waals surface area contributed by atoms with Crippen LogP contribution in [0.3, 0.4) is 0 Å². The van der Waals surface area contributed by atoms with Gasteiger partial charge in [0.15, 0.2) is 5.76 Å². The molecule has 0 saturated heterocycles. The molecule has 0 bridgehead atoms. The van der Waals surface area contributed by atoms with Gasteiger partial charge in [-0.2, -0.15) is 4.98 Å². The number of carbonyl (C=O) groups excluding carboxylic acids is 1. The Labute approximate surface area is 203 Å². The van der Waals surface area contributed by atoms with Crippen LogP contribution in [0.5, 0.6) is 0 Å². The minimum absolute atomic E-state index is 0. The Bertz CT molecular complexity index is 1320. The van der Waals surface area contributed by atoms with Gasteiger partial charge in [0.2, 0.25) is 5.95 Å². The number of amides is 1. The van der Waals surface area contributed by atoms with Gasteiger partial charge < -0.3 is 9.73 Å². The molecule has 11 heteroatoms. The SMILES string of the molecule is Cl.O=C(Nc1nc2n(n1)C(c1c(F)cccc1Cl)C=C(c1ccc(Cl)cc1)N2)c1ccco1. The summed E-state index contributed by atoms with van der Waals surface area (Å²) in [4.78, 5) is 16.7. The van der Waals surface area contributed by atoms with Crippen LogP contribution in [0.2, 0.25) is 10.0 Å². The monoisotopic (exact) mass is 505 g/mol. The van der Waals surface area contributed by atoms with E-state index in [2.05, 4.69) is 20.7 Å². The van der Waals surface area contributed by atoms with Gasteiger partial charge in [0, 0.05) is 21.3 Å². The third-order valence-corrected chi connectivity index (χ3v) is 5.47. The van der Waals surface area contributed by atoms with E-state index in [4.69, 9.17) is 27.6 Å². The number of nitrogens with one attached hydrogen (secondary N) is 2. The van der Waals surface area contributed by atoms with E-state index in [0.29, 0.717) is 16.7 Å². The lowest BCUT2D eigenvalue weighted by Gasteiger charge is -2.25. The van der Waals surface area contributed by atoms with Crippen molar-refractivity contribution in [1.82, 2.24) is 14.8 Å². The van der Waals surface area contributed by atoms with Gasteiger partial charge in [0.25, 0.3) is 11.9 Å². The molecule has 2 aromatic carbocycles. The summed E-state index contributed by atoms with van der Waals surface area (Å²) in [5.74, 6) is -0.559. The van der Waals surface area contributed by atoms with Crippen LogP contribution in [0.1, 0.15) is 27.7 Å². The zero-order valence-corrected chi connectivity index (χ0v) is 19.0. The average molecular weight is 507 g/mol. The molecule has 33 heavy (non-hydrogen) atoms. The first-order valence-electron chi connectivity index (χ1n) is 9.49. The molecule has 1 atom stereocenters. The van der Waals surface area contributed by atoms with Crippen LogP contribution in [-0.2, 0) is 0 Å². The second-order valence-electron chi connectivity index (χ2n) is 6.93. The largest absolute Gasteiger partial charge is 0.459 e. The first kappa shape index (κ1) is 22.8.